The highest BCUT2D eigenvalue weighted by molar-refractivity contribution is 7.86. The molecule has 0 saturated heterocycles. The SMILES string of the molecule is O=S(c1ccc(NCc2ccc(-n3ccnc3)c(F)c2)cc1)C(F)(F)F. The summed E-state index contributed by atoms with van der Waals surface area (Å²) in [4.78, 5) is 3.54. The molecule has 0 radical (unpaired) electrons. The Bertz CT molecular complexity index is 909. The molecule has 1 atom stereocenters. The fourth-order valence-corrected chi connectivity index (χ4v) is 2.96. The van der Waals surface area contributed by atoms with Crippen molar-refractivity contribution in [3.8, 4) is 5.69 Å². The molecule has 0 amide bonds. The zero-order valence-electron chi connectivity index (χ0n) is 13.2. The van der Waals surface area contributed by atoms with Crippen LogP contribution in [-0.4, -0.2) is 19.3 Å². The Kier molecular flexibility index (Phi) is 5.08. The van der Waals surface area contributed by atoms with Crippen molar-refractivity contribution in [1.82, 2.24) is 9.55 Å². The zero-order valence-corrected chi connectivity index (χ0v) is 14.0. The quantitative estimate of drug-likeness (QED) is 0.670. The summed E-state index contributed by atoms with van der Waals surface area (Å²) in [7, 11) is -3.05. The minimum absolute atomic E-state index is 0.281. The van der Waals surface area contributed by atoms with E-state index in [1.807, 2.05) is 0 Å². The maximum absolute atomic E-state index is 14.2. The van der Waals surface area contributed by atoms with E-state index in [2.05, 4.69) is 10.3 Å². The summed E-state index contributed by atoms with van der Waals surface area (Å²) in [5.74, 6) is -0.418. The third-order valence-electron chi connectivity index (χ3n) is 3.57. The van der Waals surface area contributed by atoms with Crippen LogP contribution in [0.25, 0.3) is 5.69 Å². The van der Waals surface area contributed by atoms with Crippen LogP contribution in [0.5, 0.6) is 0 Å². The van der Waals surface area contributed by atoms with Gasteiger partial charge in [-0.2, -0.15) is 13.2 Å². The van der Waals surface area contributed by atoms with Gasteiger partial charge in [-0.15, -0.1) is 0 Å². The summed E-state index contributed by atoms with van der Waals surface area (Å²) in [6.07, 6.45) is 4.66. The fourth-order valence-electron chi connectivity index (χ4n) is 2.31. The molecule has 0 saturated carbocycles. The fraction of sp³-hybridized carbons (Fsp3) is 0.118. The molecule has 9 heteroatoms. The second-order valence-corrected chi connectivity index (χ2v) is 6.82. The van der Waals surface area contributed by atoms with E-state index in [0.717, 1.165) is 12.1 Å². The van der Waals surface area contributed by atoms with Crippen molar-refractivity contribution in [2.24, 2.45) is 0 Å². The van der Waals surface area contributed by atoms with Gasteiger partial charge in [0.05, 0.1) is 12.0 Å². The minimum atomic E-state index is -4.79. The van der Waals surface area contributed by atoms with E-state index in [1.54, 1.807) is 29.1 Å². The Labute approximate surface area is 149 Å². The summed E-state index contributed by atoms with van der Waals surface area (Å²) in [6, 6.07) is 9.81. The first-order valence-electron chi connectivity index (χ1n) is 7.44. The van der Waals surface area contributed by atoms with Gasteiger partial charge in [-0.1, -0.05) is 6.07 Å². The molecule has 4 nitrogen and oxygen atoms in total. The van der Waals surface area contributed by atoms with Crippen LogP contribution < -0.4 is 5.32 Å². The van der Waals surface area contributed by atoms with Crippen LogP contribution in [-0.2, 0) is 17.3 Å². The molecule has 2 aromatic carbocycles. The van der Waals surface area contributed by atoms with E-state index in [-0.39, 0.29) is 11.4 Å². The molecule has 1 N–H and O–H groups in total. The standard InChI is InChI=1S/C17H13F4N3OS/c18-15-9-12(1-6-16(15)24-8-7-22-11-24)10-23-13-2-4-14(5-3-13)26(25)17(19,20)21/h1-9,11,23H,10H2. The van der Waals surface area contributed by atoms with Crippen molar-refractivity contribution in [2.75, 3.05) is 5.32 Å². The van der Waals surface area contributed by atoms with Crippen molar-refractivity contribution in [3.05, 3.63) is 72.6 Å². The van der Waals surface area contributed by atoms with Crippen LogP contribution in [0.2, 0.25) is 0 Å². The number of halogens is 4. The van der Waals surface area contributed by atoms with Crippen molar-refractivity contribution in [2.45, 2.75) is 16.9 Å². The average Bonchev–Trinajstić information content (AvgIpc) is 3.13. The molecular formula is C17H13F4N3OS. The molecule has 3 rings (SSSR count). The first-order valence-corrected chi connectivity index (χ1v) is 8.59. The first-order chi connectivity index (χ1) is 12.3. The van der Waals surface area contributed by atoms with Gasteiger partial charge in [0.2, 0.25) is 0 Å². The van der Waals surface area contributed by atoms with E-state index in [0.29, 0.717) is 16.9 Å². The normalized spacial score (nSPS) is 12.8. The predicted molar refractivity (Wildman–Crippen MR) is 89.8 cm³/mol. The Morgan fingerprint density at radius 1 is 1.12 bits per heavy atom. The largest absolute Gasteiger partial charge is 0.475 e. The summed E-state index contributed by atoms with van der Waals surface area (Å²) < 4.78 is 64.2. The van der Waals surface area contributed by atoms with Gasteiger partial charge in [0.1, 0.15) is 5.82 Å². The van der Waals surface area contributed by atoms with E-state index in [9.17, 15) is 21.8 Å². The number of alkyl halides is 3. The summed E-state index contributed by atoms with van der Waals surface area (Å²) in [5.41, 5.74) is -3.23. The molecule has 0 aliphatic rings. The van der Waals surface area contributed by atoms with E-state index < -0.39 is 22.1 Å². The van der Waals surface area contributed by atoms with Crippen molar-refractivity contribution in [1.29, 1.82) is 0 Å². The second kappa shape index (κ2) is 7.28. The molecule has 0 bridgehead atoms. The van der Waals surface area contributed by atoms with Crippen molar-refractivity contribution in [3.63, 3.8) is 0 Å². The first kappa shape index (κ1) is 18.1. The minimum Gasteiger partial charge on any atom is -0.381 e. The molecule has 0 aliphatic carbocycles. The maximum atomic E-state index is 14.2. The van der Waals surface area contributed by atoms with Gasteiger partial charge in [0.25, 0.3) is 0 Å². The highest BCUT2D eigenvalue weighted by atomic mass is 32.2. The van der Waals surface area contributed by atoms with Gasteiger partial charge < -0.3 is 9.88 Å². The van der Waals surface area contributed by atoms with Gasteiger partial charge >= 0.3 is 5.51 Å². The third kappa shape index (κ3) is 4.10. The highest BCUT2D eigenvalue weighted by Crippen LogP contribution is 2.27. The zero-order chi connectivity index (χ0) is 18.7. The van der Waals surface area contributed by atoms with Gasteiger partial charge in [-0.25, -0.2) is 13.6 Å². The van der Waals surface area contributed by atoms with Gasteiger partial charge in [0, 0.05) is 29.5 Å². The van der Waals surface area contributed by atoms with Crippen LogP contribution in [0.4, 0.5) is 23.2 Å². The van der Waals surface area contributed by atoms with E-state index in [4.69, 9.17) is 0 Å². The maximum Gasteiger partial charge on any atom is 0.475 e. The molecular weight excluding hydrogens is 370 g/mol. The highest BCUT2D eigenvalue weighted by Gasteiger charge is 2.37. The van der Waals surface area contributed by atoms with Crippen LogP contribution in [0.3, 0.4) is 0 Å². The molecule has 1 heterocycles. The third-order valence-corrected chi connectivity index (χ3v) is 4.69. The second-order valence-electron chi connectivity index (χ2n) is 5.35. The average molecular weight is 383 g/mol. The van der Waals surface area contributed by atoms with Gasteiger partial charge in [-0.3, -0.25) is 0 Å². The Balaban J connectivity index is 1.66. The lowest BCUT2D eigenvalue weighted by Crippen LogP contribution is -2.16. The molecule has 3 aromatic rings. The summed E-state index contributed by atoms with van der Waals surface area (Å²) >= 11 is 0. The molecule has 136 valence electrons. The number of benzene rings is 2. The van der Waals surface area contributed by atoms with Gasteiger partial charge in [0.15, 0.2) is 10.8 Å². The number of hydrogen-bond acceptors (Lipinski definition) is 3. The van der Waals surface area contributed by atoms with Crippen LogP contribution in [0, 0.1) is 5.82 Å². The topological polar surface area (TPSA) is 46.9 Å². The lowest BCUT2D eigenvalue weighted by atomic mass is 10.2. The Hall–Kier alpha value is -2.68. The van der Waals surface area contributed by atoms with E-state index in [1.165, 1.54) is 24.5 Å². The van der Waals surface area contributed by atoms with E-state index >= 15 is 0 Å². The molecule has 0 fully saturated rings. The van der Waals surface area contributed by atoms with Crippen LogP contribution in [0.1, 0.15) is 5.56 Å². The number of rotatable bonds is 5. The van der Waals surface area contributed by atoms with Crippen molar-refractivity contribution < 1.29 is 21.8 Å². The molecule has 26 heavy (non-hydrogen) atoms. The number of nitrogens with one attached hydrogen (secondary N) is 1. The lowest BCUT2D eigenvalue weighted by molar-refractivity contribution is -0.0384. The van der Waals surface area contributed by atoms with Crippen LogP contribution >= 0.6 is 0 Å². The number of anilines is 1. The molecule has 0 aliphatic heterocycles. The summed E-state index contributed by atoms with van der Waals surface area (Å²) in [6.45, 7) is 0.281. The molecule has 0 spiro atoms. The van der Waals surface area contributed by atoms with Gasteiger partial charge in [-0.05, 0) is 42.0 Å². The monoisotopic (exact) mass is 383 g/mol. The number of hydrogen-bond donors (Lipinski definition) is 1. The number of aromatic nitrogens is 2. The smallest absolute Gasteiger partial charge is 0.381 e. The predicted octanol–water partition coefficient (Wildman–Crippen LogP) is 4.25. The Morgan fingerprint density at radius 2 is 1.85 bits per heavy atom. The molecule has 1 unspecified atom stereocenters. The number of imidazole rings is 1. The Morgan fingerprint density at radius 3 is 2.42 bits per heavy atom. The lowest BCUT2D eigenvalue weighted by Gasteiger charge is -2.10. The van der Waals surface area contributed by atoms with Crippen LogP contribution in [0.15, 0.2) is 66.1 Å². The number of nitrogens with zero attached hydrogens (tertiary/aromatic N) is 2. The van der Waals surface area contributed by atoms with Crippen molar-refractivity contribution >= 4 is 16.5 Å². The molecule has 1 aromatic heterocycles. The summed E-state index contributed by atoms with van der Waals surface area (Å²) in [5, 5.41) is 2.98.